The summed E-state index contributed by atoms with van der Waals surface area (Å²) in [5, 5.41) is 8.71. The Morgan fingerprint density at radius 1 is 1.35 bits per heavy atom. The van der Waals surface area contributed by atoms with Crippen LogP contribution < -0.4 is 4.74 Å². The van der Waals surface area contributed by atoms with Crippen molar-refractivity contribution < 1.29 is 9.53 Å². The van der Waals surface area contributed by atoms with E-state index in [1.165, 1.54) is 0 Å². The molecule has 0 radical (unpaired) electrons. The second-order valence-electron chi connectivity index (χ2n) is 4.70. The quantitative estimate of drug-likeness (QED) is 0.813. The molecule has 0 unspecified atom stereocenters. The van der Waals surface area contributed by atoms with E-state index in [2.05, 4.69) is 14.8 Å². The Kier molecular flexibility index (Phi) is 3.69. The maximum atomic E-state index is 11.0. The molecule has 104 valence electrons. The summed E-state index contributed by atoms with van der Waals surface area (Å²) in [6.07, 6.45) is 3.96. The van der Waals surface area contributed by atoms with E-state index in [-0.39, 0.29) is 6.61 Å². The monoisotopic (exact) mass is 291 g/mol. The smallest absolute Gasteiger partial charge is 0.171 e. The van der Waals surface area contributed by atoms with Gasteiger partial charge in [-0.15, -0.1) is 10.2 Å². The maximum Gasteiger partial charge on any atom is 0.171 e. The number of ether oxygens (including phenoxy) is 1. The number of aldehydes is 1. The summed E-state index contributed by atoms with van der Waals surface area (Å²) in [4.78, 5) is 11.0. The molecular formula is C14H14ClN3O2. The highest BCUT2D eigenvalue weighted by Gasteiger charge is 2.16. The van der Waals surface area contributed by atoms with E-state index in [1.54, 1.807) is 18.2 Å². The van der Waals surface area contributed by atoms with Gasteiger partial charge in [0.15, 0.2) is 12.1 Å². The van der Waals surface area contributed by atoms with Crippen LogP contribution in [-0.2, 0) is 19.6 Å². The van der Waals surface area contributed by atoms with Gasteiger partial charge in [-0.3, -0.25) is 4.79 Å². The molecule has 3 rings (SSSR count). The average Bonchev–Trinajstić information content (AvgIpc) is 2.88. The Balaban J connectivity index is 1.79. The molecule has 0 spiro atoms. The molecule has 0 fully saturated rings. The molecule has 1 aliphatic rings. The minimum Gasteiger partial charge on any atom is -0.485 e. The van der Waals surface area contributed by atoms with Crippen LogP contribution in [0, 0.1) is 0 Å². The number of hydrogen-bond acceptors (Lipinski definition) is 4. The molecule has 0 saturated carbocycles. The van der Waals surface area contributed by atoms with Gasteiger partial charge in [-0.2, -0.15) is 0 Å². The molecule has 1 aromatic heterocycles. The highest BCUT2D eigenvalue weighted by Crippen LogP contribution is 2.25. The second-order valence-corrected chi connectivity index (χ2v) is 5.11. The molecule has 0 saturated heterocycles. The minimum absolute atomic E-state index is 0.286. The summed E-state index contributed by atoms with van der Waals surface area (Å²) >= 11 is 5.96. The van der Waals surface area contributed by atoms with E-state index in [0.717, 1.165) is 37.5 Å². The summed E-state index contributed by atoms with van der Waals surface area (Å²) < 4.78 is 7.77. The predicted molar refractivity (Wildman–Crippen MR) is 74.1 cm³/mol. The normalized spacial score (nSPS) is 13.8. The van der Waals surface area contributed by atoms with Crippen molar-refractivity contribution in [2.45, 2.75) is 32.4 Å². The van der Waals surface area contributed by atoms with Crippen molar-refractivity contribution in [3.05, 3.63) is 40.4 Å². The van der Waals surface area contributed by atoms with Crippen LogP contribution in [0.3, 0.4) is 0 Å². The Bertz CT molecular complexity index is 639. The fraction of sp³-hybridized carbons (Fsp3) is 0.357. The third-order valence-corrected chi connectivity index (χ3v) is 3.75. The van der Waals surface area contributed by atoms with Gasteiger partial charge < -0.3 is 9.30 Å². The molecule has 20 heavy (non-hydrogen) atoms. The average molecular weight is 292 g/mol. The lowest BCUT2D eigenvalue weighted by molar-refractivity contribution is 0.111. The summed E-state index contributed by atoms with van der Waals surface area (Å²) in [7, 11) is 0. The fourth-order valence-electron chi connectivity index (χ4n) is 2.38. The maximum absolute atomic E-state index is 11.0. The topological polar surface area (TPSA) is 57.0 Å². The second kappa shape index (κ2) is 5.63. The molecule has 0 bridgehead atoms. The standard InChI is InChI=1S/C14H14ClN3O2/c15-11-4-3-5-12(10(11)8-19)20-9-14-17-16-13-6-1-2-7-18(13)14/h3-5,8H,1-2,6-7,9H2. The lowest BCUT2D eigenvalue weighted by Crippen LogP contribution is -2.14. The number of rotatable bonds is 4. The van der Waals surface area contributed by atoms with E-state index in [9.17, 15) is 4.79 Å². The number of halogens is 1. The Morgan fingerprint density at radius 2 is 2.25 bits per heavy atom. The van der Waals surface area contributed by atoms with Crippen LogP contribution in [-0.4, -0.2) is 21.1 Å². The molecule has 0 amide bonds. The molecular weight excluding hydrogens is 278 g/mol. The number of nitrogens with zero attached hydrogens (tertiary/aromatic N) is 3. The lowest BCUT2D eigenvalue weighted by Gasteiger charge is -2.15. The number of carbonyl (C=O) groups excluding carboxylic acids is 1. The molecule has 2 aromatic rings. The molecule has 6 heteroatoms. The number of fused-ring (bicyclic) bond motifs is 1. The van der Waals surface area contributed by atoms with Gasteiger partial charge in [0, 0.05) is 13.0 Å². The largest absolute Gasteiger partial charge is 0.485 e. The SMILES string of the molecule is O=Cc1c(Cl)cccc1OCc1nnc2n1CCCC2. The number of aryl methyl sites for hydroxylation is 1. The van der Waals surface area contributed by atoms with Gasteiger partial charge in [0.05, 0.1) is 10.6 Å². The van der Waals surface area contributed by atoms with E-state index < -0.39 is 0 Å². The van der Waals surface area contributed by atoms with Gasteiger partial charge in [-0.1, -0.05) is 17.7 Å². The van der Waals surface area contributed by atoms with Crippen LogP contribution in [0.25, 0.3) is 0 Å². The summed E-state index contributed by atoms with van der Waals surface area (Å²) in [5.74, 6) is 2.27. The third-order valence-electron chi connectivity index (χ3n) is 3.42. The predicted octanol–water partition coefficient (Wildman–Crippen LogP) is 2.66. The molecule has 0 atom stereocenters. The molecule has 1 aromatic carbocycles. The highest BCUT2D eigenvalue weighted by atomic mass is 35.5. The van der Waals surface area contributed by atoms with Crippen LogP contribution in [0.5, 0.6) is 5.75 Å². The van der Waals surface area contributed by atoms with Crippen molar-refractivity contribution in [2.75, 3.05) is 0 Å². The van der Waals surface area contributed by atoms with Gasteiger partial charge in [0.25, 0.3) is 0 Å². The molecule has 0 aliphatic carbocycles. The van der Waals surface area contributed by atoms with Crippen molar-refractivity contribution in [3.8, 4) is 5.75 Å². The Morgan fingerprint density at radius 3 is 3.10 bits per heavy atom. The zero-order valence-electron chi connectivity index (χ0n) is 10.9. The number of carbonyl (C=O) groups is 1. The van der Waals surface area contributed by atoms with Crippen LogP contribution in [0.15, 0.2) is 18.2 Å². The van der Waals surface area contributed by atoms with E-state index in [1.807, 2.05) is 0 Å². The minimum atomic E-state index is 0.286. The lowest BCUT2D eigenvalue weighted by atomic mass is 10.2. The number of aromatic nitrogens is 3. The van der Waals surface area contributed by atoms with Crippen LogP contribution >= 0.6 is 11.6 Å². The van der Waals surface area contributed by atoms with Gasteiger partial charge in [0.2, 0.25) is 0 Å². The third kappa shape index (κ3) is 2.41. The van der Waals surface area contributed by atoms with Crippen molar-refractivity contribution in [1.29, 1.82) is 0 Å². The van der Waals surface area contributed by atoms with Gasteiger partial charge >= 0.3 is 0 Å². The number of hydrogen-bond donors (Lipinski definition) is 0. The van der Waals surface area contributed by atoms with Crippen molar-refractivity contribution in [1.82, 2.24) is 14.8 Å². The highest BCUT2D eigenvalue weighted by molar-refractivity contribution is 6.33. The van der Waals surface area contributed by atoms with Gasteiger partial charge in [-0.05, 0) is 25.0 Å². The summed E-state index contributed by atoms with van der Waals surface area (Å²) in [6, 6.07) is 5.14. The summed E-state index contributed by atoms with van der Waals surface area (Å²) in [6.45, 7) is 1.21. The van der Waals surface area contributed by atoms with Crippen molar-refractivity contribution >= 4 is 17.9 Å². The molecule has 0 N–H and O–H groups in total. The molecule has 1 aliphatic heterocycles. The zero-order chi connectivity index (χ0) is 13.9. The first kappa shape index (κ1) is 13.1. The Labute approximate surface area is 121 Å². The first-order valence-electron chi connectivity index (χ1n) is 6.57. The first-order chi connectivity index (χ1) is 9.79. The molecule has 2 heterocycles. The number of benzene rings is 1. The first-order valence-corrected chi connectivity index (χ1v) is 6.95. The van der Waals surface area contributed by atoms with E-state index in [4.69, 9.17) is 16.3 Å². The fourth-order valence-corrected chi connectivity index (χ4v) is 2.59. The summed E-state index contributed by atoms with van der Waals surface area (Å²) in [5.41, 5.74) is 0.368. The van der Waals surface area contributed by atoms with E-state index in [0.29, 0.717) is 22.6 Å². The van der Waals surface area contributed by atoms with E-state index >= 15 is 0 Å². The van der Waals surface area contributed by atoms with Crippen molar-refractivity contribution in [2.24, 2.45) is 0 Å². The van der Waals surface area contributed by atoms with Crippen LogP contribution in [0.4, 0.5) is 0 Å². The van der Waals surface area contributed by atoms with Crippen LogP contribution in [0.1, 0.15) is 34.8 Å². The van der Waals surface area contributed by atoms with Crippen LogP contribution in [0.2, 0.25) is 5.02 Å². The van der Waals surface area contributed by atoms with Crippen molar-refractivity contribution in [3.63, 3.8) is 0 Å². The zero-order valence-corrected chi connectivity index (χ0v) is 11.6. The van der Waals surface area contributed by atoms with Gasteiger partial charge in [0.1, 0.15) is 18.2 Å². The molecule has 5 nitrogen and oxygen atoms in total. The Hall–Kier alpha value is -1.88. The van der Waals surface area contributed by atoms with Gasteiger partial charge in [-0.25, -0.2) is 0 Å².